The summed E-state index contributed by atoms with van der Waals surface area (Å²) in [7, 11) is 3.66. The molecule has 0 aliphatic rings. The van der Waals surface area contributed by atoms with Gasteiger partial charge >= 0.3 is 0 Å². The Morgan fingerprint density at radius 2 is 2.00 bits per heavy atom. The predicted octanol–water partition coefficient (Wildman–Crippen LogP) is 3.87. The van der Waals surface area contributed by atoms with Crippen molar-refractivity contribution in [1.82, 2.24) is 15.4 Å². The van der Waals surface area contributed by atoms with Gasteiger partial charge in [0.2, 0.25) is 0 Å². The number of nitrogens with one attached hydrogen (secondary N) is 2. The average molecular weight is 389 g/mol. The molecule has 3 rings (SSSR count). The lowest BCUT2D eigenvalue weighted by molar-refractivity contribution is 0.0951. The minimum absolute atomic E-state index is 0.202. The second-order valence-corrected chi connectivity index (χ2v) is 7.50. The number of hydrogen-bond donors (Lipinski definition) is 2. The van der Waals surface area contributed by atoms with Crippen LogP contribution in [-0.4, -0.2) is 35.9 Å². The number of carbonyl (C=O) groups is 1. The van der Waals surface area contributed by atoms with Gasteiger partial charge in [-0.05, 0) is 12.1 Å². The summed E-state index contributed by atoms with van der Waals surface area (Å²) in [6.07, 6.45) is 0. The summed E-state index contributed by atoms with van der Waals surface area (Å²) in [6, 6.07) is 12.7. The number of halogens is 1. The topological polar surface area (TPSA) is 82.2 Å². The molecule has 0 aliphatic heterocycles. The number of nitrogens with zero attached hydrogens (tertiary/aromatic N) is 2. The first-order valence-electron chi connectivity index (χ1n) is 7.80. The summed E-state index contributed by atoms with van der Waals surface area (Å²) in [5.41, 5.74) is 2.38. The van der Waals surface area contributed by atoms with E-state index in [4.69, 9.17) is 21.5 Å². The first-order chi connectivity index (χ1) is 12.4. The van der Waals surface area contributed by atoms with E-state index >= 15 is 0 Å². The molecule has 0 atom stereocenters. The Morgan fingerprint density at radius 3 is 2.62 bits per heavy atom. The first kappa shape index (κ1) is 18.2. The Bertz CT molecular complexity index is 931. The molecule has 0 spiro atoms. The van der Waals surface area contributed by atoms with Crippen molar-refractivity contribution in [1.29, 1.82) is 5.41 Å². The third-order valence-electron chi connectivity index (χ3n) is 3.68. The molecule has 2 aromatic heterocycles. The predicted molar refractivity (Wildman–Crippen MR) is 103 cm³/mol. The highest BCUT2D eigenvalue weighted by Gasteiger charge is 2.12. The lowest BCUT2D eigenvalue weighted by atomic mass is 10.1. The second kappa shape index (κ2) is 7.72. The third kappa shape index (κ3) is 4.12. The highest BCUT2D eigenvalue weighted by molar-refractivity contribution is 7.17. The van der Waals surface area contributed by atoms with Crippen LogP contribution in [0, 0.1) is 5.41 Å². The highest BCUT2D eigenvalue weighted by Crippen LogP contribution is 2.22. The minimum atomic E-state index is -0.202. The van der Waals surface area contributed by atoms with Crippen LogP contribution in [0.4, 0.5) is 0 Å². The quantitative estimate of drug-likeness (QED) is 0.513. The summed E-state index contributed by atoms with van der Waals surface area (Å²) in [5, 5.41) is 14.8. The molecule has 0 fully saturated rings. The van der Waals surface area contributed by atoms with E-state index in [0.29, 0.717) is 26.5 Å². The maximum absolute atomic E-state index is 12.0. The van der Waals surface area contributed by atoms with E-state index in [1.165, 1.54) is 11.3 Å². The maximum atomic E-state index is 12.0. The van der Waals surface area contributed by atoms with E-state index < -0.39 is 0 Å². The lowest BCUT2D eigenvalue weighted by Gasteiger charge is -2.13. The van der Waals surface area contributed by atoms with Gasteiger partial charge in [-0.1, -0.05) is 41.0 Å². The fraction of sp³-hybridized carbons (Fsp3) is 0.167. The first-order valence-corrected chi connectivity index (χ1v) is 8.99. The average Bonchev–Trinajstić information content (AvgIpc) is 3.28. The molecule has 2 N–H and O–H groups in total. The molecule has 0 unspecified atom stereocenters. The number of benzene rings is 1. The van der Waals surface area contributed by atoms with Crippen molar-refractivity contribution in [2.45, 2.75) is 6.54 Å². The smallest absolute Gasteiger partial charge is 0.261 e. The summed E-state index contributed by atoms with van der Waals surface area (Å²) in [4.78, 5) is 14.3. The van der Waals surface area contributed by atoms with E-state index in [1.54, 1.807) is 23.1 Å². The van der Waals surface area contributed by atoms with Gasteiger partial charge in [0.05, 0.1) is 15.8 Å². The molecule has 26 heavy (non-hydrogen) atoms. The molecule has 1 aromatic carbocycles. The van der Waals surface area contributed by atoms with Gasteiger partial charge in [0.15, 0.2) is 5.76 Å². The Balaban J connectivity index is 1.64. The summed E-state index contributed by atoms with van der Waals surface area (Å²) in [6.45, 7) is 0.241. The normalized spacial score (nSPS) is 10.6. The number of carbonyl (C=O) groups excluding carboxylic acids is 1. The van der Waals surface area contributed by atoms with E-state index in [2.05, 4.69) is 10.5 Å². The monoisotopic (exact) mass is 388 g/mol. The summed E-state index contributed by atoms with van der Waals surface area (Å²) in [5.74, 6) is 0.793. The van der Waals surface area contributed by atoms with Crippen LogP contribution >= 0.6 is 22.9 Å². The van der Waals surface area contributed by atoms with Gasteiger partial charge in [-0.25, -0.2) is 0 Å². The zero-order chi connectivity index (χ0) is 18.7. The van der Waals surface area contributed by atoms with Crippen LogP contribution in [0.5, 0.6) is 0 Å². The molecule has 3 aromatic rings. The van der Waals surface area contributed by atoms with Gasteiger partial charge < -0.3 is 14.7 Å². The molecule has 134 valence electrons. The van der Waals surface area contributed by atoms with Crippen LogP contribution in [0.2, 0.25) is 4.34 Å². The molecule has 0 saturated carbocycles. The van der Waals surface area contributed by atoms with Crippen molar-refractivity contribution in [3.63, 3.8) is 0 Å². The van der Waals surface area contributed by atoms with Crippen molar-refractivity contribution < 1.29 is 9.32 Å². The van der Waals surface area contributed by atoms with Crippen molar-refractivity contribution in [2.24, 2.45) is 0 Å². The molecule has 0 saturated heterocycles. The Hall–Kier alpha value is -2.64. The number of hydrogen-bond acceptors (Lipinski definition) is 5. The zero-order valence-corrected chi connectivity index (χ0v) is 15.8. The fourth-order valence-electron chi connectivity index (χ4n) is 2.28. The van der Waals surface area contributed by atoms with Gasteiger partial charge in [0, 0.05) is 31.3 Å². The van der Waals surface area contributed by atoms with Crippen LogP contribution in [0.15, 0.2) is 47.0 Å². The van der Waals surface area contributed by atoms with Crippen LogP contribution in [0.25, 0.3) is 11.3 Å². The van der Waals surface area contributed by atoms with E-state index in [-0.39, 0.29) is 12.5 Å². The van der Waals surface area contributed by atoms with Crippen LogP contribution in [0.3, 0.4) is 0 Å². The van der Waals surface area contributed by atoms with Gasteiger partial charge in [0.1, 0.15) is 11.5 Å². The van der Waals surface area contributed by atoms with Crippen molar-refractivity contribution in [3.05, 3.63) is 63.0 Å². The van der Waals surface area contributed by atoms with Crippen molar-refractivity contribution in [2.75, 3.05) is 14.1 Å². The maximum Gasteiger partial charge on any atom is 0.261 e. The van der Waals surface area contributed by atoms with Crippen LogP contribution < -0.4 is 5.32 Å². The largest absolute Gasteiger partial charge is 0.363 e. The van der Waals surface area contributed by atoms with E-state index in [9.17, 15) is 4.79 Å². The number of amides is 1. The fourth-order valence-corrected chi connectivity index (χ4v) is 3.24. The molecule has 0 aliphatic carbocycles. The van der Waals surface area contributed by atoms with Crippen molar-refractivity contribution in [3.8, 4) is 11.3 Å². The van der Waals surface area contributed by atoms with E-state index in [1.807, 2.05) is 38.4 Å². The SMILES string of the molecule is CN(C)C(=N)c1ccc(-c2cc(CNC(=O)c3ccc(Cl)s3)on2)cc1. The number of amidine groups is 1. The molecule has 1 amide bonds. The zero-order valence-electron chi connectivity index (χ0n) is 14.2. The standard InChI is InChI=1S/C18H17ClN4O2S/c1-23(2)17(20)12-5-3-11(4-6-12)14-9-13(25-22-14)10-21-18(24)15-7-8-16(19)26-15/h3-9,20H,10H2,1-2H3,(H,21,24). The molecular formula is C18H17ClN4O2S. The van der Waals surface area contributed by atoms with Crippen LogP contribution in [-0.2, 0) is 6.54 Å². The molecule has 0 radical (unpaired) electrons. The van der Waals surface area contributed by atoms with Gasteiger partial charge in [-0.15, -0.1) is 11.3 Å². The van der Waals surface area contributed by atoms with Crippen LogP contribution in [0.1, 0.15) is 21.0 Å². The summed E-state index contributed by atoms with van der Waals surface area (Å²) >= 11 is 7.06. The van der Waals surface area contributed by atoms with Gasteiger partial charge in [0.25, 0.3) is 5.91 Å². The highest BCUT2D eigenvalue weighted by atomic mass is 35.5. The third-order valence-corrected chi connectivity index (χ3v) is 4.91. The summed E-state index contributed by atoms with van der Waals surface area (Å²) < 4.78 is 5.86. The van der Waals surface area contributed by atoms with Crippen molar-refractivity contribution >= 4 is 34.7 Å². The Kier molecular flexibility index (Phi) is 5.39. The molecular weight excluding hydrogens is 372 g/mol. The lowest BCUT2D eigenvalue weighted by Crippen LogP contribution is -2.21. The van der Waals surface area contributed by atoms with E-state index in [0.717, 1.165) is 11.1 Å². The number of thiophene rings is 1. The van der Waals surface area contributed by atoms with Gasteiger partial charge in [-0.2, -0.15) is 0 Å². The number of rotatable bonds is 5. The molecule has 8 heteroatoms. The molecule has 6 nitrogen and oxygen atoms in total. The Labute approximate surface area is 159 Å². The molecule has 2 heterocycles. The minimum Gasteiger partial charge on any atom is -0.363 e. The number of aromatic nitrogens is 1. The Morgan fingerprint density at radius 1 is 1.27 bits per heavy atom. The van der Waals surface area contributed by atoms with Gasteiger partial charge in [-0.3, -0.25) is 10.2 Å². The second-order valence-electron chi connectivity index (χ2n) is 5.79. The molecule has 0 bridgehead atoms.